The van der Waals surface area contributed by atoms with Crippen LogP contribution < -0.4 is 0 Å². The van der Waals surface area contributed by atoms with Gasteiger partial charge in [0.15, 0.2) is 0 Å². The van der Waals surface area contributed by atoms with Gasteiger partial charge in [0.1, 0.15) is 11.6 Å². The molecule has 3 rings (SSSR count). The van der Waals surface area contributed by atoms with E-state index in [-0.39, 0.29) is 36.4 Å². The first-order valence-corrected chi connectivity index (χ1v) is 10.1. The third-order valence-corrected chi connectivity index (χ3v) is 6.95. The van der Waals surface area contributed by atoms with E-state index in [4.69, 9.17) is 4.52 Å². The molecule has 1 amide bonds. The lowest BCUT2D eigenvalue weighted by atomic mass is 10.1. The van der Waals surface area contributed by atoms with Gasteiger partial charge in [-0.25, -0.2) is 12.8 Å². The molecule has 0 radical (unpaired) electrons. The van der Waals surface area contributed by atoms with Crippen molar-refractivity contribution in [3.8, 4) is 0 Å². The Morgan fingerprint density at radius 1 is 1.22 bits per heavy atom. The number of aryl methyl sites for hydroxylation is 1. The van der Waals surface area contributed by atoms with Crippen molar-refractivity contribution in [2.75, 3.05) is 13.1 Å². The molecule has 27 heavy (non-hydrogen) atoms. The summed E-state index contributed by atoms with van der Waals surface area (Å²) < 4.78 is 45.4. The van der Waals surface area contributed by atoms with Gasteiger partial charge in [-0.3, -0.25) is 4.79 Å². The second-order valence-electron chi connectivity index (χ2n) is 6.75. The number of amides is 1. The highest BCUT2D eigenvalue weighted by atomic mass is 32.2. The summed E-state index contributed by atoms with van der Waals surface area (Å²) in [5, 5.41) is 3.77. The van der Waals surface area contributed by atoms with E-state index in [0.29, 0.717) is 11.5 Å². The lowest BCUT2D eigenvalue weighted by Gasteiger charge is -2.44. The number of nitrogens with zero attached hydrogens (tertiary/aromatic N) is 3. The minimum Gasteiger partial charge on any atom is -0.361 e. The van der Waals surface area contributed by atoms with Gasteiger partial charge in [-0.05, 0) is 45.0 Å². The number of carbonyl (C=O) groups excluding carboxylic acids is 1. The molecule has 0 unspecified atom stereocenters. The monoisotopic (exact) mass is 395 g/mol. The Kier molecular flexibility index (Phi) is 5.34. The zero-order chi connectivity index (χ0) is 19.8. The molecular weight excluding hydrogens is 373 g/mol. The second kappa shape index (κ2) is 7.40. The molecule has 0 saturated carbocycles. The van der Waals surface area contributed by atoms with Crippen molar-refractivity contribution in [1.29, 1.82) is 0 Å². The number of piperazine rings is 1. The maximum Gasteiger partial charge on any atom is 0.243 e. The fourth-order valence-electron chi connectivity index (χ4n) is 3.30. The molecule has 7 nitrogen and oxygen atoms in total. The van der Waals surface area contributed by atoms with Crippen LogP contribution in [0.4, 0.5) is 4.39 Å². The molecule has 2 aromatic rings. The molecule has 1 saturated heterocycles. The molecule has 1 aliphatic heterocycles. The largest absolute Gasteiger partial charge is 0.361 e. The number of halogens is 1. The summed E-state index contributed by atoms with van der Waals surface area (Å²) in [7, 11) is -3.77. The maximum absolute atomic E-state index is 13.1. The van der Waals surface area contributed by atoms with Gasteiger partial charge >= 0.3 is 0 Å². The Bertz CT molecular complexity index is 926. The van der Waals surface area contributed by atoms with Crippen molar-refractivity contribution in [3.63, 3.8) is 0 Å². The normalized spacial score (nSPS) is 21.4. The fourth-order valence-corrected chi connectivity index (χ4v) is 4.98. The molecule has 1 aromatic carbocycles. The van der Waals surface area contributed by atoms with Crippen LogP contribution in [0.25, 0.3) is 0 Å². The molecule has 146 valence electrons. The van der Waals surface area contributed by atoms with E-state index in [0.717, 1.165) is 12.1 Å². The SMILES string of the molecule is Cc1cc(CC(=O)N2CCN(S(=O)(=O)c3ccc(F)cc3)[C@H](C)[C@@H]2C)on1. The number of carbonyl (C=O) groups is 1. The first-order chi connectivity index (χ1) is 12.7. The highest BCUT2D eigenvalue weighted by Crippen LogP contribution is 2.25. The smallest absolute Gasteiger partial charge is 0.243 e. The van der Waals surface area contributed by atoms with Crippen LogP contribution in [0.1, 0.15) is 25.3 Å². The van der Waals surface area contributed by atoms with Gasteiger partial charge in [-0.15, -0.1) is 0 Å². The van der Waals surface area contributed by atoms with Crippen LogP contribution >= 0.6 is 0 Å². The Hall–Kier alpha value is -2.26. The third-order valence-electron chi connectivity index (χ3n) is 4.95. The number of hydrogen-bond donors (Lipinski definition) is 0. The van der Waals surface area contributed by atoms with Crippen molar-refractivity contribution in [3.05, 3.63) is 47.6 Å². The Labute approximate surface area is 157 Å². The minimum absolute atomic E-state index is 0.0415. The molecule has 0 aliphatic carbocycles. The van der Waals surface area contributed by atoms with Crippen molar-refractivity contribution in [1.82, 2.24) is 14.4 Å². The highest BCUT2D eigenvalue weighted by molar-refractivity contribution is 7.89. The Morgan fingerprint density at radius 2 is 1.89 bits per heavy atom. The minimum atomic E-state index is -3.77. The quantitative estimate of drug-likeness (QED) is 0.790. The molecule has 0 bridgehead atoms. The van der Waals surface area contributed by atoms with Gasteiger partial charge < -0.3 is 9.42 Å². The summed E-state index contributed by atoms with van der Waals surface area (Å²) in [6.45, 7) is 5.82. The lowest BCUT2D eigenvalue weighted by molar-refractivity contribution is -0.135. The van der Waals surface area contributed by atoms with E-state index in [1.807, 2.05) is 6.92 Å². The van der Waals surface area contributed by atoms with Crippen LogP contribution in [0.15, 0.2) is 39.8 Å². The first kappa shape index (κ1) is 19.5. The molecule has 0 N–H and O–H groups in total. The first-order valence-electron chi connectivity index (χ1n) is 8.69. The number of rotatable bonds is 4. The average molecular weight is 395 g/mol. The molecule has 2 atom stereocenters. The van der Waals surface area contributed by atoms with E-state index in [1.54, 1.807) is 24.8 Å². The van der Waals surface area contributed by atoms with Crippen LogP contribution in [0.5, 0.6) is 0 Å². The fraction of sp³-hybridized carbons (Fsp3) is 0.444. The van der Waals surface area contributed by atoms with Crippen LogP contribution in [0.3, 0.4) is 0 Å². The molecule has 1 aliphatic rings. The van der Waals surface area contributed by atoms with Gasteiger partial charge in [0.05, 0.1) is 17.0 Å². The molecule has 0 spiro atoms. The number of sulfonamides is 1. The lowest BCUT2D eigenvalue weighted by Crippen LogP contribution is -2.60. The third kappa shape index (κ3) is 3.89. The zero-order valence-corrected chi connectivity index (χ0v) is 16.2. The van der Waals surface area contributed by atoms with Crippen molar-refractivity contribution in [2.24, 2.45) is 0 Å². The Balaban J connectivity index is 1.74. The van der Waals surface area contributed by atoms with E-state index in [9.17, 15) is 17.6 Å². The van der Waals surface area contributed by atoms with Gasteiger partial charge in [-0.1, -0.05) is 5.16 Å². The van der Waals surface area contributed by atoms with Gasteiger partial charge in [-0.2, -0.15) is 4.31 Å². The predicted molar refractivity (Wildman–Crippen MR) is 95.9 cm³/mol. The molecular formula is C18H22FN3O4S. The van der Waals surface area contributed by atoms with Crippen LogP contribution in [0.2, 0.25) is 0 Å². The van der Waals surface area contributed by atoms with E-state index < -0.39 is 21.9 Å². The summed E-state index contributed by atoms with van der Waals surface area (Å²) in [5.41, 5.74) is 0.703. The molecule has 2 heterocycles. The predicted octanol–water partition coefficient (Wildman–Crippen LogP) is 1.97. The van der Waals surface area contributed by atoms with E-state index >= 15 is 0 Å². The summed E-state index contributed by atoms with van der Waals surface area (Å²) in [6.07, 6.45) is 0.0859. The summed E-state index contributed by atoms with van der Waals surface area (Å²) in [6, 6.07) is 5.74. The number of hydrogen-bond acceptors (Lipinski definition) is 5. The van der Waals surface area contributed by atoms with Crippen LogP contribution in [0, 0.1) is 12.7 Å². The maximum atomic E-state index is 13.1. The average Bonchev–Trinajstić information content (AvgIpc) is 3.02. The van der Waals surface area contributed by atoms with Gasteiger partial charge in [0.25, 0.3) is 0 Å². The zero-order valence-electron chi connectivity index (χ0n) is 15.4. The summed E-state index contributed by atoms with van der Waals surface area (Å²) in [5.74, 6) is -0.142. The highest BCUT2D eigenvalue weighted by Gasteiger charge is 2.39. The van der Waals surface area contributed by atoms with E-state index in [1.165, 1.54) is 16.4 Å². The summed E-state index contributed by atoms with van der Waals surface area (Å²) >= 11 is 0. The van der Waals surface area contributed by atoms with Crippen molar-refractivity contribution < 1.29 is 22.1 Å². The molecule has 1 aromatic heterocycles. The van der Waals surface area contributed by atoms with Crippen molar-refractivity contribution in [2.45, 2.75) is 44.2 Å². The standard InChI is InChI=1S/C18H22FN3O4S/c1-12-10-16(26-20-12)11-18(23)21-8-9-22(14(3)13(21)2)27(24,25)17-6-4-15(19)5-7-17/h4-7,10,13-14H,8-9,11H2,1-3H3/t13-,14+/m0/s1. The number of benzene rings is 1. The van der Waals surface area contributed by atoms with Gasteiger partial charge in [0, 0.05) is 31.2 Å². The van der Waals surface area contributed by atoms with E-state index in [2.05, 4.69) is 5.16 Å². The Morgan fingerprint density at radius 3 is 2.48 bits per heavy atom. The van der Waals surface area contributed by atoms with Crippen LogP contribution in [-0.4, -0.2) is 53.9 Å². The van der Waals surface area contributed by atoms with Crippen LogP contribution in [-0.2, 0) is 21.2 Å². The summed E-state index contributed by atoms with van der Waals surface area (Å²) in [4.78, 5) is 14.3. The number of aromatic nitrogens is 1. The van der Waals surface area contributed by atoms with Crippen molar-refractivity contribution >= 4 is 15.9 Å². The molecule has 1 fully saturated rings. The second-order valence-corrected chi connectivity index (χ2v) is 8.64. The molecule has 9 heteroatoms. The topological polar surface area (TPSA) is 83.7 Å². The van der Waals surface area contributed by atoms with Gasteiger partial charge in [0.2, 0.25) is 15.9 Å².